The van der Waals surface area contributed by atoms with Crippen molar-refractivity contribution < 1.29 is 59.8 Å². The first-order valence-electron chi connectivity index (χ1n) is 3.81. The van der Waals surface area contributed by atoms with Gasteiger partial charge in [-0.3, -0.25) is 0 Å². The van der Waals surface area contributed by atoms with Crippen LogP contribution in [0.2, 0.25) is 0 Å². The molecule has 0 aromatic carbocycles. The maximum atomic E-state index is 10.9. The SMILES string of the molecule is CC(C)(C)c1ccc(S([NH-])(=O)=O)s1.[K+]. The van der Waals surface area contributed by atoms with Crippen molar-refractivity contribution in [2.45, 2.75) is 30.4 Å². The van der Waals surface area contributed by atoms with E-state index in [2.05, 4.69) is 0 Å². The summed E-state index contributed by atoms with van der Waals surface area (Å²) < 4.78 is 21.8. The molecule has 0 fully saturated rings. The van der Waals surface area contributed by atoms with E-state index in [1.54, 1.807) is 6.07 Å². The van der Waals surface area contributed by atoms with Crippen LogP contribution in [0.3, 0.4) is 0 Å². The number of hydrogen-bond donors (Lipinski definition) is 0. The molecular weight excluding hydrogens is 245 g/mol. The maximum absolute atomic E-state index is 10.9. The molecule has 0 radical (unpaired) electrons. The first kappa shape index (κ1) is 15.2. The van der Waals surface area contributed by atoms with Gasteiger partial charge in [0.1, 0.15) is 14.2 Å². The fourth-order valence-corrected chi connectivity index (χ4v) is 2.62. The molecule has 0 aliphatic rings. The van der Waals surface area contributed by atoms with Crippen LogP contribution in [0.5, 0.6) is 0 Å². The second-order valence-corrected chi connectivity index (χ2v) is 6.66. The summed E-state index contributed by atoms with van der Waals surface area (Å²) in [6, 6.07) is 3.26. The predicted octanol–water partition coefficient (Wildman–Crippen LogP) is -0.209. The van der Waals surface area contributed by atoms with Crippen molar-refractivity contribution in [1.29, 1.82) is 0 Å². The largest absolute Gasteiger partial charge is 1.00 e. The summed E-state index contributed by atoms with van der Waals surface area (Å²) in [6.07, 6.45) is 0. The van der Waals surface area contributed by atoms with Gasteiger partial charge in [0, 0.05) is 4.88 Å². The Labute approximate surface area is 132 Å². The average molecular weight is 257 g/mol. The molecular formula is C8H12KNO2S2. The van der Waals surface area contributed by atoms with Gasteiger partial charge in [-0.05, 0) is 17.5 Å². The molecule has 1 heterocycles. The molecule has 0 amide bonds. The molecule has 1 rings (SSSR count). The zero-order valence-electron chi connectivity index (χ0n) is 8.79. The summed E-state index contributed by atoms with van der Waals surface area (Å²) in [6.45, 7) is 6.04. The van der Waals surface area contributed by atoms with Crippen LogP contribution >= 0.6 is 11.3 Å². The molecule has 0 saturated heterocycles. The molecule has 0 aliphatic heterocycles. The minimum Gasteiger partial charge on any atom is -0.559 e. The zero-order valence-corrected chi connectivity index (χ0v) is 13.5. The van der Waals surface area contributed by atoms with Gasteiger partial charge in [0.15, 0.2) is 0 Å². The van der Waals surface area contributed by atoms with Crippen molar-refractivity contribution in [2.75, 3.05) is 0 Å². The Morgan fingerprint density at radius 1 is 1.29 bits per heavy atom. The molecule has 6 heteroatoms. The van der Waals surface area contributed by atoms with E-state index in [1.807, 2.05) is 20.8 Å². The molecule has 0 unspecified atom stereocenters. The van der Waals surface area contributed by atoms with Crippen LogP contribution in [-0.2, 0) is 15.4 Å². The van der Waals surface area contributed by atoms with Crippen LogP contribution < -0.4 is 51.4 Å². The van der Waals surface area contributed by atoms with E-state index in [0.717, 1.165) is 4.88 Å². The fraction of sp³-hybridized carbons (Fsp3) is 0.500. The van der Waals surface area contributed by atoms with Crippen molar-refractivity contribution in [3.63, 3.8) is 0 Å². The molecule has 14 heavy (non-hydrogen) atoms. The van der Waals surface area contributed by atoms with Crippen molar-refractivity contribution in [3.05, 3.63) is 22.1 Å². The number of rotatable bonds is 1. The summed E-state index contributed by atoms with van der Waals surface area (Å²) in [5.74, 6) is 0. The molecule has 0 spiro atoms. The van der Waals surface area contributed by atoms with Gasteiger partial charge in [-0.25, -0.2) is 8.42 Å². The molecule has 3 nitrogen and oxygen atoms in total. The fourth-order valence-electron chi connectivity index (χ4n) is 0.868. The zero-order chi connectivity index (χ0) is 10.3. The summed E-state index contributed by atoms with van der Waals surface area (Å²) in [5.41, 5.74) is -0.0480. The van der Waals surface area contributed by atoms with Crippen LogP contribution in [-0.4, -0.2) is 8.42 Å². The average Bonchev–Trinajstić information content (AvgIpc) is 2.28. The van der Waals surface area contributed by atoms with Crippen molar-refractivity contribution >= 4 is 21.4 Å². The third-order valence-electron chi connectivity index (χ3n) is 1.59. The van der Waals surface area contributed by atoms with E-state index >= 15 is 0 Å². The van der Waals surface area contributed by atoms with Gasteiger partial charge in [-0.15, -0.1) is 11.3 Å². The van der Waals surface area contributed by atoms with E-state index in [1.165, 1.54) is 17.4 Å². The van der Waals surface area contributed by atoms with Gasteiger partial charge >= 0.3 is 51.4 Å². The van der Waals surface area contributed by atoms with Crippen LogP contribution in [0.4, 0.5) is 0 Å². The Bertz CT molecular complexity index is 403. The smallest absolute Gasteiger partial charge is 0.559 e. The standard InChI is InChI=1S/C8H12NO2S2.K/c1-8(2,3)6-4-5-7(12-6)13(9,10)11;/h4-5H,1-3H3,(H-,9,10,11);/q-1;+1. The van der Waals surface area contributed by atoms with Crippen molar-refractivity contribution in [1.82, 2.24) is 0 Å². The normalized spacial score (nSPS) is 12.3. The monoisotopic (exact) mass is 257 g/mol. The Hall–Kier alpha value is 1.25. The Morgan fingerprint density at radius 3 is 2.00 bits per heavy atom. The molecule has 1 aromatic rings. The first-order valence-corrected chi connectivity index (χ1v) is 6.11. The molecule has 0 saturated carbocycles. The van der Waals surface area contributed by atoms with E-state index in [0.29, 0.717) is 0 Å². The van der Waals surface area contributed by atoms with Crippen molar-refractivity contribution in [3.8, 4) is 0 Å². The number of hydrogen-bond acceptors (Lipinski definition) is 3. The van der Waals surface area contributed by atoms with Gasteiger partial charge in [-0.1, -0.05) is 20.8 Å². The van der Waals surface area contributed by atoms with Gasteiger partial charge in [0.05, 0.1) is 0 Å². The van der Waals surface area contributed by atoms with Crippen molar-refractivity contribution in [2.24, 2.45) is 0 Å². The summed E-state index contributed by atoms with van der Waals surface area (Å²) in [7, 11) is -3.77. The molecule has 1 N–H and O–H groups in total. The second kappa shape index (κ2) is 5.05. The second-order valence-electron chi connectivity index (χ2n) is 3.87. The van der Waals surface area contributed by atoms with E-state index in [9.17, 15) is 8.42 Å². The molecule has 74 valence electrons. The number of sulfonamides is 1. The van der Waals surface area contributed by atoms with Crippen LogP contribution in [0, 0.1) is 0 Å². The number of thiophene rings is 1. The van der Waals surface area contributed by atoms with E-state index in [-0.39, 0.29) is 61.0 Å². The Morgan fingerprint density at radius 2 is 1.79 bits per heavy atom. The summed E-state index contributed by atoms with van der Waals surface area (Å²) in [4.78, 5) is 0.985. The minimum atomic E-state index is -3.77. The van der Waals surface area contributed by atoms with E-state index < -0.39 is 10.0 Å². The topological polar surface area (TPSA) is 57.9 Å². The third kappa shape index (κ3) is 4.01. The van der Waals surface area contributed by atoms with Crippen LogP contribution in [0.25, 0.3) is 5.14 Å². The first-order chi connectivity index (χ1) is 5.71. The van der Waals surface area contributed by atoms with Crippen LogP contribution in [0.15, 0.2) is 16.3 Å². The van der Waals surface area contributed by atoms with Gasteiger partial charge in [0.2, 0.25) is 0 Å². The van der Waals surface area contributed by atoms with Crippen LogP contribution in [0.1, 0.15) is 25.6 Å². The molecule has 0 bridgehead atoms. The van der Waals surface area contributed by atoms with Gasteiger partial charge in [-0.2, -0.15) is 0 Å². The van der Waals surface area contributed by atoms with Gasteiger partial charge in [0.25, 0.3) is 0 Å². The molecule has 1 aromatic heterocycles. The summed E-state index contributed by atoms with van der Waals surface area (Å²) in [5, 5.41) is 6.87. The minimum absolute atomic E-state index is 0. The molecule has 0 aliphatic carbocycles. The Balaban J connectivity index is 0.00000169. The predicted molar refractivity (Wildman–Crippen MR) is 54.5 cm³/mol. The maximum Gasteiger partial charge on any atom is 1.00 e. The summed E-state index contributed by atoms with van der Waals surface area (Å²) >= 11 is 1.17. The third-order valence-corrected chi connectivity index (χ3v) is 4.47. The van der Waals surface area contributed by atoms with E-state index in [4.69, 9.17) is 5.14 Å². The van der Waals surface area contributed by atoms with Gasteiger partial charge < -0.3 is 5.14 Å². The quantitative estimate of drug-likeness (QED) is 0.654. The number of nitrogens with one attached hydrogen (secondary N) is 1. The molecule has 0 atom stereocenters. The Kier molecular flexibility index (Phi) is 5.50.